The van der Waals surface area contributed by atoms with Crippen LogP contribution in [0.4, 0.5) is 4.39 Å². The van der Waals surface area contributed by atoms with E-state index in [0.717, 1.165) is 24.0 Å². The summed E-state index contributed by atoms with van der Waals surface area (Å²) in [6, 6.07) is 22.4. The summed E-state index contributed by atoms with van der Waals surface area (Å²) < 4.78 is 17.7. The summed E-state index contributed by atoms with van der Waals surface area (Å²) in [5.74, 6) is -1.12. The number of hydroxylamine groups is 1. The molecule has 204 valence electrons. The number of unbranched alkanes of at least 4 members (excludes halogenated alkanes) is 1. The van der Waals surface area contributed by atoms with Gasteiger partial charge in [0.05, 0.1) is 22.5 Å². The maximum Gasteiger partial charge on any atom is 0.247 e. The number of fused-ring (bicyclic) bond motifs is 1. The maximum atomic E-state index is 15.8. The second kappa shape index (κ2) is 11.8. The van der Waals surface area contributed by atoms with Crippen LogP contribution in [-0.4, -0.2) is 33.1 Å². The average molecular weight is 558 g/mol. The Balaban J connectivity index is 1.59. The lowest BCUT2D eigenvalue weighted by molar-refractivity contribution is -0.128. The smallest absolute Gasteiger partial charge is 0.247 e. The number of nitrogens with one attached hydrogen (secondary N) is 1. The van der Waals surface area contributed by atoms with Crippen molar-refractivity contribution in [2.24, 2.45) is 5.73 Å². The SMILES string of the molecule is NCCCCn1c(-c2ccccc2)c(F)c2ccc(C(=O)c3cc(CC(=O)NO)c(-c4ccc(O)cc4)s3)cc21. The van der Waals surface area contributed by atoms with E-state index in [-0.39, 0.29) is 23.8 Å². The van der Waals surface area contributed by atoms with Crippen molar-refractivity contribution in [2.45, 2.75) is 25.8 Å². The zero-order valence-electron chi connectivity index (χ0n) is 21.6. The highest BCUT2D eigenvalue weighted by Crippen LogP contribution is 2.37. The number of ketones is 1. The number of aromatic hydroxyl groups is 1. The number of phenols is 1. The Kier molecular flexibility index (Phi) is 8.06. The van der Waals surface area contributed by atoms with E-state index in [2.05, 4.69) is 0 Å². The normalized spacial score (nSPS) is 11.2. The summed E-state index contributed by atoms with van der Waals surface area (Å²) >= 11 is 1.22. The lowest BCUT2D eigenvalue weighted by Gasteiger charge is -2.11. The van der Waals surface area contributed by atoms with Crippen LogP contribution in [0.1, 0.15) is 33.6 Å². The van der Waals surface area contributed by atoms with Gasteiger partial charge in [0.15, 0.2) is 5.82 Å². The molecule has 3 aromatic carbocycles. The summed E-state index contributed by atoms with van der Waals surface area (Å²) in [6.07, 6.45) is 1.41. The molecule has 0 radical (unpaired) electrons. The number of phenolic OH excluding ortho intramolecular Hbond substituents is 1. The first-order valence-corrected chi connectivity index (χ1v) is 13.7. The number of carbonyl (C=O) groups is 2. The first kappa shape index (κ1) is 27.3. The fraction of sp³-hybridized carbons (Fsp3) is 0.161. The Labute approximate surface area is 234 Å². The van der Waals surface area contributed by atoms with Crippen LogP contribution >= 0.6 is 11.3 Å². The van der Waals surface area contributed by atoms with Crippen molar-refractivity contribution in [3.63, 3.8) is 0 Å². The van der Waals surface area contributed by atoms with Crippen LogP contribution in [0.5, 0.6) is 5.75 Å². The first-order valence-electron chi connectivity index (χ1n) is 12.9. The number of aromatic nitrogens is 1. The molecule has 0 aliphatic carbocycles. The Morgan fingerprint density at radius 2 is 1.70 bits per heavy atom. The van der Waals surface area contributed by atoms with Crippen LogP contribution in [0.15, 0.2) is 78.9 Å². The molecule has 0 unspecified atom stereocenters. The molecule has 2 heterocycles. The quantitative estimate of drug-likeness (QED) is 0.0738. The van der Waals surface area contributed by atoms with Crippen LogP contribution in [0, 0.1) is 5.82 Å². The van der Waals surface area contributed by atoms with Crippen LogP contribution < -0.4 is 11.2 Å². The van der Waals surface area contributed by atoms with Crippen molar-refractivity contribution in [3.05, 3.63) is 101 Å². The van der Waals surface area contributed by atoms with E-state index in [9.17, 15) is 14.7 Å². The molecule has 0 aliphatic heterocycles. The maximum absolute atomic E-state index is 15.8. The van der Waals surface area contributed by atoms with E-state index >= 15 is 4.39 Å². The summed E-state index contributed by atoms with van der Waals surface area (Å²) in [5.41, 5.74) is 10.9. The molecular weight excluding hydrogens is 529 g/mol. The molecule has 7 nitrogen and oxygen atoms in total. The van der Waals surface area contributed by atoms with Crippen molar-refractivity contribution in [3.8, 4) is 27.4 Å². The van der Waals surface area contributed by atoms with E-state index in [4.69, 9.17) is 10.9 Å². The van der Waals surface area contributed by atoms with E-state index in [1.165, 1.54) is 23.5 Å². The summed E-state index contributed by atoms with van der Waals surface area (Å²) in [4.78, 5) is 26.8. The number of amides is 1. The van der Waals surface area contributed by atoms with Gasteiger partial charge in [-0.1, -0.05) is 36.4 Å². The molecule has 5 rings (SSSR count). The first-order chi connectivity index (χ1) is 19.4. The van der Waals surface area contributed by atoms with Crippen LogP contribution in [0.3, 0.4) is 0 Å². The molecule has 9 heteroatoms. The molecule has 0 aliphatic rings. The van der Waals surface area contributed by atoms with Crippen LogP contribution in [0.25, 0.3) is 32.6 Å². The summed E-state index contributed by atoms with van der Waals surface area (Å²) in [5, 5.41) is 19.2. The predicted molar refractivity (Wildman–Crippen MR) is 154 cm³/mol. The number of nitrogens with zero attached hydrogens (tertiary/aromatic N) is 1. The number of benzene rings is 3. The Hall–Kier alpha value is -4.31. The van der Waals surface area contributed by atoms with Gasteiger partial charge in [0.2, 0.25) is 11.7 Å². The van der Waals surface area contributed by atoms with Gasteiger partial charge in [-0.15, -0.1) is 11.3 Å². The number of thiophene rings is 1. The third kappa shape index (κ3) is 5.40. The second-order valence-electron chi connectivity index (χ2n) is 9.46. The fourth-order valence-electron chi connectivity index (χ4n) is 4.86. The fourth-order valence-corrected chi connectivity index (χ4v) is 6.01. The number of carbonyl (C=O) groups excluding carboxylic acids is 2. The molecule has 0 saturated heterocycles. The Bertz CT molecular complexity index is 1680. The molecule has 2 aromatic heterocycles. The number of rotatable bonds is 10. The number of aryl methyl sites for hydroxylation is 1. The molecule has 0 spiro atoms. The zero-order valence-corrected chi connectivity index (χ0v) is 22.4. The van der Waals surface area contributed by atoms with Gasteiger partial charge in [0.1, 0.15) is 5.75 Å². The summed E-state index contributed by atoms with van der Waals surface area (Å²) in [6.45, 7) is 1.08. The van der Waals surface area contributed by atoms with Crippen LogP contribution in [0.2, 0.25) is 0 Å². The van der Waals surface area contributed by atoms with E-state index in [0.29, 0.717) is 50.6 Å². The lowest BCUT2D eigenvalue weighted by atomic mass is 10.0. The van der Waals surface area contributed by atoms with E-state index in [1.807, 2.05) is 34.9 Å². The van der Waals surface area contributed by atoms with Crippen molar-refractivity contribution < 1.29 is 24.3 Å². The minimum Gasteiger partial charge on any atom is -0.508 e. The van der Waals surface area contributed by atoms with Crippen molar-refractivity contribution >= 4 is 33.9 Å². The number of halogens is 1. The minimum absolute atomic E-state index is 0.0936. The number of hydrogen-bond acceptors (Lipinski definition) is 6. The molecule has 40 heavy (non-hydrogen) atoms. The van der Waals surface area contributed by atoms with E-state index in [1.54, 1.807) is 41.9 Å². The molecule has 1 amide bonds. The monoisotopic (exact) mass is 557 g/mol. The minimum atomic E-state index is -0.613. The molecule has 0 saturated carbocycles. The van der Waals surface area contributed by atoms with Gasteiger partial charge in [0, 0.05) is 27.9 Å². The summed E-state index contributed by atoms with van der Waals surface area (Å²) in [7, 11) is 0. The lowest BCUT2D eigenvalue weighted by Crippen LogP contribution is -2.20. The zero-order chi connectivity index (χ0) is 28.2. The van der Waals surface area contributed by atoms with Gasteiger partial charge in [-0.25, -0.2) is 9.87 Å². The third-order valence-electron chi connectivity index (χ3n) is 6.79. The third-order valence-corrected chi connectivity index (χ3v) is 8.01. The van der Waals surface area contributed by atoms with Crippen LogP contribution in [-0.2, 0) is 17.8 Å². The van der Waals surface area contributed by atoms with Gasteiger partial charge in [-0.2, -0.15) is 0 Å². The topological polar surface area (TPSA) is 118 Å². The van der Waals surface area contributed by atoms with Crippen molar-refractivity contribution in [1.82, 2.24) is 10.0 Å². The standard InChI is InChI=1S/C31H28FN3O4S/c32-28-24-13-10-21(16-25(24)35(15-5-4-14-33)29(28)19-6-2-1-3-7-19)30(38)26-17-22(18-27(37)34-39)31(40-26)20-8-11-23(36)12-9-20/h1-3,6-13,16-17,36,39H,4-5,14-15,18,33H2,(H,34,37). The highest BCUT2D eigenvalue weighted by atomic mass is 32.1. The van der Waals surface area contributed by atoms with Crippen molar-refractivity contribution in [2.75, 3.05) is 6.54 Å². The molecule has 0 bridgehead atoms. The second-order valence-corrected chi connectivity index (χ2v) is 10.5. The number of nitrogens with two attached hydrogens (primary N) is 1. The highest BCUT2D eigenvalue weighted by Gasteiger charge is 2.23. The van der Waals surface area contributed by atoms with Gasteiger partial charge in [0.25, 0.3) is 0 Å². The highest BCUT2D eigenvalue weighted by molar-refractivity contribution is 7.17. The molecule has 5 N–H and O–H groups in total. The molecular formula is C31H28FN3O4S. The predicted octanol–water partition coefficient (Wildman–Crippen LogP) is 5.90. The van der Waals surface area contributed by atoms with E-state index < -0.39 is 5.91 Å². The van der Waals surface area contributed by atoms with Gasteiger partial charge >= 0.3 is 0 Å². The average Bonchev–Trinajstić information content (AvgIpc) is 3.51. The molecule has 0 atom stereocenters. The van der Waals surface area contributed by atoms with Gasteiger partial charge < -0.3 is 15.4 Å². The molecule has 5 aromatic rings. The van der Waals surface area contributed by atoms with Gasteiger partial charge in [-0.3, -0.25) is 14.8 Å². The van der Waals surface area contributed by atoms with Gasteiger partial charge in [-0.05, 0) is 73.0 Å². The Morgan fingerprint density at radius 3 is 2.40 bits per heavy atom. The Morgan fingerprint density at radius 1 is 0.950 bits per heavy atom. The number of hydrogen-bond donors (Lipinski definition) is 4. The van der Waals surface area contributed by atoms with Crippen molar-refractivity contribution in [1.29, 1.82) is 0 Å². The molecule has 0 fully saturated rings. The largest absolute Gasteiger partial charge is 0.508 e.